The van der Waals surface area contributed by atoms with E-state index in [9.17, 15) is 9.59 Å². The summed E-state index contributed by atoms with van der Waals surface area (Å²) in [5, 5.41) is 9.13. The van der Waals surface area contributed by atoms with E-state index < -0.39 is 5.25 Å². The highest BCUT2D eigenvalue weighted by atomic mass is 35.5. The van der Waals surface area contributed by atoms with E-state index in [1.165, 1.54) is 11.8 Å². The molecule has 128 valence electrons. The Morgan fingerprint density at radius 1 is 1.29 bits per heavy atom. The highest BCUT2D eigenvalue weighted by molar-refractivity contribution is 8.01. The van der Waals surface area contributed by atoms with Gasteiger partial charge in [0.1, 0.15) is 5.76 Å². The number of hydrogen-bond acceptors (Lipinski definition) is 5. The third kappa shape index (κ3) is 5.28. The summed E-state index contributed by atoms with van der Waals surface area (Å²) in [5.74, 6) is 0.648. The van der Waals surface area contributed by atoms with Crippen molar-refractivity contribution in [2.45, 2.75) is 26.0 Å². The standard InChI is InChI=1S/C16H18ClN3O3S/c1-9-4-5-13(12(17)6-9)18-15(21)8-24-11(3)16(22)19-14-7-10(2)23-20-14/h4-7,11H,8H2,1-3H3,(H,18,21)(H,19,20,22)/t11-/m0/s1. The molecule has 2 rings (SSSR count). The van der Waals surface area contributed by atoms with Crippen molar-refractivity contribution in [3.63, 3.8) is 0 Å². The van der Waals surface area contributed by atoms with Gasteiger partial charge in [-0.15, -0.1) is 11.8 Å². The van der Waals surface area contributed by atoms with Gasteiger partial charge < -0.3 is 15.2 Å². The molecule has 1 aromatic carbocycles. The second kappa shape index (κ2) is 8.21. The Morgan fingerprint density at radius 2 is 2.04 bits per heavy atom. The number of carbonyl (C=O) groups is 2. The molecule has 0 fully saturated rings. The third-order valence-corrected chi connectivity index (χ3v) is 4.57. The summed E-state index contributed by atoms with van der Waals surface area (Å²) in [6.45, 7) is 5.38. The third-order valence-electron chi connectivity index (χ3n) is 3.11. The first-order valence-electron chi connectivity index (χ1n) is 7.27. The van der Waals surface area contributed by atoms with Gasteiger partial charge >= 0.3 is 0 Å². The first-order chi connectivity index (χ1) is 11.3. The Morgan fingerprint density at radius 3 is 2.67 bits per heavy atom. The van der Waals surface area contributed by atoms with E-state index in [0.29, 0.717) is 22.3 Å². The smallest absolute Gasteiger partial charge is 0.238 e. The van der Waals surface area contributed by atoms with E-state index in [1.807, 2.05) is 13.0 Å². The fourth-order valence-corrected chi connectivity index (χ4v) is 2.80. The van der Waals surface area contributed by atoms with Crippen molar-refractivity contribution in [2.75, 3.05) is 16.4 Å². The average molecular weight is 368 g/mol. The van der Waals surface area contributed by atoms with Gasteiger partial charge in [0.25, 0.3) is 0 Å². The number of aryl methyl sites for hydroxylation is 2. The molecule has 0 aliphatic heterocycles. The van der Waals surface area contributed by atoms with Crippen LogP contribution < -0.4 is 10.6 Å². The maximum Gasteiger partial charge on any atom is 0.238 e. The highest BCUT2D eigenvalue weighted by Crippen LogP contribution is 2.23. The molecule has 24 heavy (non-hydrogen) atoms. The van der Waals surface area contributed by atoms with Crippen molar-refractivity contribution < 1.29 is 14.1 Å². The van der Waals surface area contributed by atoms with Crippen molar-refractivity contribution in [1.82, 2.24) is 5.16 Å². The zero-order valence-corrected chi connectivity index (χ0v) is 15.1. The Kier molecular flexibility index (Phi) is 6.28. The van der Waals surface area contributed by atoms with Crippen LogP contribution in [0.25, 0.3) is 0 Å². The van der Waals surface area contributed by atoms with Gasteiger partial charge in [-0.3, -0.25) is 9.59 Å². The van der Waals surface area contributed by atoms with E-state index in [0.717, 1.165) is 5.56 Å². The fraction of sp³-hybridized carbons (Fsp3) is 0.312. The number of nitrogens with one attached hydrogen (secondary N) is 2. The minimum atomic E-state index is -0.416. The van der Waals surface area contributed by atoms with Crippen molar-refractivity contribution in [3.05, 3.63) is 40.6 Å². The summed E-state index contributed by atoms with van der Waals surface area (Å²) in [7, 11) is 0. The van der Waals surface area contributed by atoms with Crippen molar-refractivity contribution in [1.29, 1.82) is 0 Å². The van der Waals surface area contributed by atoms with Gasteiger partial charge in [0.2, 0.25) is 11.8 Å². The molecule has 0 saturated carbocycles. The molecule has 6 nitrogen and oxygen atoms in total. The molecule has 0 saturated heterocycles. The van der Waals surface area contributed by atoms with Crippen LogP contribution in [0.2, 0.25) is 5.02 Å². The van der Waals surface area contributed by atoms with Gasteiger partial charge in [-0.2, -0.15) is 0 Å². The molecule has 1 aromatic heterocycles. The molecule has 0 aliphatic rings. The predicted molar refractivity (Wildman–Crippen MR) is 96.6 cm³/mol. The Labute approximate surface area is 149 Å². The Hall–Kier alpha value is -1.99. The normalized spacial score (nSPS) is 11.8. The number of halogens is 1. The average Bonchev–Trinajstić information content (AvgIpc) is 2.92. The van der Waals surface area contributed by atoms with Gasteiger partial charge in [-0.05, 0) is 38.5 Å². The number of nitrogens with zero attached hydrogens (tertiary/aromatic N) is 1. The molecular formula is C16H18ClN3O3S. The number of thioether (sulfide) groups is 1. The monoisotopic (exact) mass is 367 g/mol. The van der Waals surface area contributed by atoms with Crippen LogP contribution >= 0.6 is 23.4 Å². The van der Waals surface area contributed by atoms with Crippen LogP contribution in [0.15, 0.2) is 28.8 Å². The second-order valence-corrected chi connectivity index (χ2v) is 7.03. The Bertz CT molecular complexity index is 748. The lowest BCUT2D eigenvalue weighted by molar-refractivity contribution is -0.115. The number of benzene rings is 1. The lowest BCUT2D eigenvalue weighted by atomic mass is 10.2. The molecular weight excluding hydrogens is 350 g/mol. The largest absolute Gasteiger partial charge is 0.360 e. The molecule has 0 bridgehead atoms. The first kappa shape index (κ1) is 18.4. The van der Waals surface area contributed by atoms with E-state index in [-0.39, 0.29) is 17.6 Å². The van der Waals surface area contributed by atoms with Gasteiger partial charge in [0, 0.05) is 6.07 Å². The molecule has 0 aliphatic carbocycles. The summed E-state index contributed by atoms with van der Waals surface area (Å²) in [6.07, 6.45) is 0. The topological polar surface area (TPSA) is 84.2 Å². The maximum atomic E-state index is 12.0. The lowest BCUT2D eigenvalue weighted by Gasteiger charge is -2.11. The molecule has 8 heteroatoms. The van der Waals surface area contributed by atoms with Crippen molar-refractivity contribution in [3.8, 4) is 0 Å². The van der Waals surface area contributed by atoms with Crippen LogP contribution in [0.5, 0.6) is 0 Å². The van der Waals surface area contributed by atoms with Crippen LogP contribution in [0.3, 0.4) is 0 Å². The number of carbonyl (C=O) groups excluding carboxylic acids is 2. The van der Waals surface area contributed by atoms with Crippen LogP contribution in [0.4, 0.5) is 11.5 Å². The minimum absolute atomic E-state index is 0.136. The Balaban J connectivity index is 1.81. The predicted octanol–water partition coefficient (Wildman–Crippen LogP) is 3.64. The van der Waals surface area contributed by atoms with E-state index in [1.54, 1.807) is 32.0 Å². The minimum Gasteiger partial charge on any atom is -0.360 e. The van der Waals surface area contributed by atoms with Gasteiger partial charge in [-0.25, -0.2) is 0 Å². The molecule has 2 N–H and O–H groups in total. The molecule has 1 heterocycles. The molecule has 1 atom stereocenters. The SMILES string of the molecule is Cc1ccc(NC(=O)CS[C@@H](C)C(=O)Nc2cc(C)on2)c(Cl)c1. The van der Waals surface area contributed by atoms with Crippen molar-refractivity contribution in [2.24, 2.45) is 0 Å². The zero-order chi connectivity index (χ0) is 17.7. The van der Waals surface area contributed by atoms with Crippen molar-refractivity contribution >= 4 is 46.7 Å². The van der Waals surface area contributed by atoms with Gasteiger partial charge in [-0.1, -0.05) is 22.8 Å². The number of anilines is 2. The number of aromatic nitrogens is 1. The van der Waals surface area contributed by atoms with E-state index >= 15 is 0 Å². The highest BCUT2D eigenvalue weighted by Gasteiger charge is 2.17. The fourth-order valence-electron chi connectivity index (χ4n) is 1.84. The van der Waals surface area contributed by atoms with Crippen LogP contribution in [0.1, 0.15) is 18.2 Å². The summed E-state index contributed by atoms with van der Waals surface area (Å²) < 4.78 is 4.88. The van der Waals surface area contributed by atoms with Crippen LogP contribution in [0, 0.1) is 13.8 Å². The summed E-state index contributed by atoms with van der Waals surface area (Å²) in [5.41, 5.74) is 1.57. The van der Waals surface area contributed by atoms with Gasteiger partial charge in [0.15, 0.2) is 5.82 Å². The molecule has 0 radical (unpaired) electrons. The van der Waals surface area contributed by atoms with E-state index in [4.69, 9.17) is 16.1 Å². The number of rotatable bonds is 6. The van der Waals surface area contributed by atoms with Crippen LogP contribution in [-0.4, -0.2) is 28.0 Å². The van der Waals surface area contributed by atoms with Crippen LogP contribution in [-0.2, 0) is 9.59 Å². The number of amides is 2. The molecule has 0 spiro atoms. The molecule has 2 amide bonds. The lowest BCUT2D eigenvalue weighted by Crippen LogP contribution is -2.25. The first-order valence-corrected chi connectivity index (χ1v) is 8.69. The zero-order valence-electron chi connectivity index (χ0n) is 13.6. The summed E-state index contributed by atoms with van der Waals surface area (Å²) >= 11 is 7.30. The molecule has 0 unspecified atom stereocenters. The number of hydrogen-bond donors (Lipinski definition) is 2. The van der Waals surface area contributed by atoms with Gasteiger partial charge in [0.05, 0.1) is 21.7 Å². The maximum absolute atomic E-state index is 12.0. The quantitative estimate of drug-likeness (QED) is 0.814. The van der Waals surface area contributed by atoms with E-state index in [2.05, 4.69) is 15.8 Å². The summed E-state index contributed by atoms with van der Waals surface area (Å²) in [4.78, 5) is 24.0. The summed E-state index contributed by atoms with van der Waals surface area (Å²) in [6, 6.07) is 7.02. The molecule has 2 aromatic rings. The second-order valence-electron chi connectivity index (χ2n) is 5.30.